The molecule has 1 N–H and O–H groups in total. The molecule has 16 heavy (non-hydrogen) atoms. The fourth-order valence-corrected chi connectivity index (χ4v) is 2.19. The Labute approximate surface area is 103 Å². The van der Waals surface area contributed by atoms with Crippen molar-refractivity contribution < 1.29 is 0 Å². The van der Waals surface area contributed by atoms with E-state index in [1.807, 2.05) is 29.7 Å². The van der Waals surface area contributed by atoms with Crippen molar-refractivity contribution in [1.82, 2.24) is 15.1 Å². The zero-order valence-electron chi connectivity index (χ0n) is 10.9. The van der Waals surface area contributed by atoms with Crippen LogP contribution in [0.2, 0.25) is 0 Å². The van der Waals surface area contributed by atoms with E-state index in [9.17, 15) is 0 Å². The van der Waals surface area contributed by atoms with Gasteiger partial charge in [0.2, 0.25) is 0 Å². The molecule has 1 atom stereocenters. The van der Waals surface area contributed by atoms with E-state index in [0.717, 1.165) is 12.3 Å². The van der Waals surface area contributed by atoms with Crippen molar-refractivity contribution in [2.75, 3.05) is 12.3 Å². The van der Waals surface area contributed by atoms with Gasteiger partial charge in [0.1, 0.15) is 0 Å². The molecule has 3 nitrogen and oxygen atoms in total. The minimum Gasteiger partial charge on any atom is -0.312 e. The SMILES string of the molecule is CC(CNC(C)(C)C)CSc1cnn(C)c1. The van der Waals surface area contributed by atoms with Crippen LogP contribution in [0.4, 0.5) is 0 Å². The van der Waals surface area contributed by atoms with Crippen molar-refractivity contribution in [2.45, 2.75) is 38.1 Å². The van der Waals surface area contributed by atoms with E-state index in [2.05, 4.69) is 44.3 Å². The van der Waals surface area contributed by atoms with Crippen molar-refractivity contribution in [2.24, 2.45) is 13.0 Å². The van der Waals surface area contributed by atoms with Crippen LogP contribution in [0.1, 0.15) is 27.7 Å². The van der Waals surface area contributed by atoms with E-state index in [1.165, 1.54) is 4.90 Å². The Morgan fingerprint density at radius 1 is 1.50 bits per heavy atom. The Morgan fingerprint density at radius 3 is 2.69 bits per heavy atom. The van der Waals surface area contributed by atoms with E-state index in [1.54, 1.807) is 0 Å². The number of rotatable bonds is 5. The van der Waals surface area contributed by atoms with E-state index in [0.29, 0.717) is 5.92 Å². The molecule has 0 bridgehead atoms. The van der Waals surface area contributed by atoms with Crippen molar-refractivity contribution in [1.29, 1.82) is 0 Å². The third-order valence-electron chi connectivity index (χ3n) is 2.20. The summed E-state index contributed by atoms with van der Waals surface area (Å²) in [5.41, 5.74) is 0.216. The topological polar surface area (TPSA) is 29.9 Å². The Morgan fingerprint density at radius 2 is 2.19 bits per heavy atom. The van der Waals surface area contributed by atoms with Gasteiger partial charge in [0.05, 0.1) is 6.20 Å². The van der Waals surface area contributed by atoms with Gasteiger partial charge in [-0.1, -0.05) is 6.92 Å². The van der Waals surface area contributed by atoms with Crippen LogP contribution in [0.5, 0.6) is 0 Å². The Hall–Kier alpha value is -0.480. The maximum atomic E-state index is 4.16. The maximum absolute atomic E-state index is 4.16. The van der Waals surface area contributed by atoms with E-state index >= 15 is 0 Å². The first kappa shape index (κ1) is 13.6. The predicted molar refractivity (Wildman–Crippen MR) is 70.9 cm³/mol. The Balaban J connectivity index is 2.22. The zero-order chi connectivity index (χ0) is 12.2. The summed E-state index contributed by atoms with van der Waals surface area (Å²) in [6.07, 6.45) is 3.99. The molecule has 0 saturated heterocycles. The highest BCUT2D eigenvalue weighted by atomic mass is 32.2. The lowest BCUT2D eigenvalue weighted by Crippen LogP contribution is -2.39. The molecule has 4 heteroatoms. The molecule has 1 unspecified atom stereocenters. The molecule has 0 aromatic carbocycles. The van der Waals surface area contributed by atoms with Crippen molar-refractivity contribution in [3.8, 4) is 0 Å². The van der Waals surface area contributed by atoms with Gasteiger partial charge in [-0.05, 0) is 33.2 Å². The van der Waals surface area contributed by atoms with Crippen molar-refractivity contribution in [3.05, 3.63) is 12.4 Å². The van der Waals surface area contributed by atoms with Crippen LogP contribution in [0.3, 0.4) is 0 Å². The smallest absolute Gasteiger partial charge is 0.0625 e. The highest BCUT2D eigenvalue weighted by Crippen LogP contribution is 2.19. The van der Waals surface area contributed by atoms with E-state index < -0.39 is 0 Å². The second-order valence-corrected chi connectivity index (χ2v) is 6.49. The van der Waals surface area contributed by atoms with Gasteiger partial charge in [-0.15, -0.1) is 11.8 Å². The molecule has 1 aromatic heterocycles. The molecule has 0 amide bonds. The molecule has 1 heterocycles. The third kappa shape index (κ3) is 5.56. The van der Waals surface area contributed by atoms with Gasteiger partial charge in [-0.3, -0.25) is 4.68 Å². The summed E-state index contributed by atoms with van der Waals surface area (Å²) in [5.74, 6) is 1.80. The molecule has 0 aliphatic heterocycles. The lowest BCUT2D eigenvalue weighted by Gasteiger charge is -2.23. The zero-order valence-corrected chi connectivity index (χ0v) is 11.8. The molecule has 92 valence electrons. The maximum Gasteiger partial charge on any atom is 0.0625 e. The number of hydrogen-bond acceptors (Lipinski definition) is 3. The fraction of sp³-hybridized carbons (Fsp3) is 0.750. The molecule has 1 rings (SSSR count). The number of nitrogens with zero attached hydrogens (tertiary/aromatic N) is 2. The molecule has 0 fully saturated rings. The first-order valence-corrected chi connectivity index (χ1v) is 6.72. The summed E-state index contributed by atoms with van der Waals surface area (Å²) >= 11 is 1.88. The first-order valence-electron chi connectivity index (χ1n) is 5.73. The summed E-state index contributed by atoms with van der Waals surface area (Å²) in [6, 6.07) is 0. The minimum absolute atomic E-state index is 0.216. The average molecular weight is 241 g/mol. The second kappa shape index (κ2) is 5.73. The van der Waals surface area contributed by atoms with Crippen LogP contribution in [0, 0.1) is 5.92 Å². The third-order valence-corrected chi connectivity index (χ3v) is 3.48. The van der Waals surface area contributed by atoms with Crippen LogP contribution >= 0.6 is 11.8 Å². The molecule has 1 aromatic rings. The largest absolute Gasteiger partial charge is 0.312 e. The van der Waals surface area contributed by atoms with Gasteiger partial charge in [-0.2, -0.15) is 5.10 Å². The standard InChI is InChI=1S/C12H23N3S/c1-10(6-13-12(2,3)4)9-16-11-7-14-15(5)8-11/h7-8,10,13H,6,9H2,1-5H3. The van der Waals surface area contributed by atoms with E-state index in [4.69, 9.17) is 0 Å². The summed E-state index contributed by atoms with van der Waals surface area (Å²) < 4.78 is 1.85. The summed E-state index contributed by atoms with van der Waals surface area (Å²) in [5, 5.41) is 7.69. The first-order chi connectivity index (χ1) is 7.37. The molecule has 0 aliphatic carbocycles. The van der Waals surface area contributed by atoms with Crippen LogP contribution in [-0.2, 0) is 7.05 Å². The predicted octanol–water partition coefficient (Wildman–Crippen LogP) is 2.54. The Bertz CT molecular complexity index is 314. The van der Waals surface area contributed by atoms with Crippen LogP contribution in [-0.4, -0.2) is 27.6 Å². The van der Waals surface area contributed by atoms with Crippen LogP contribution in [0.25, 0.3) is 0 Å². The molecule has 0 spiro atoms. The average Bonchev–Trinajstić information content (AvgIpc) is 2.57. The highest BCUT2D eigenvalue weighted by molar-refractivity contribution is 7.99. The molecular weight excluding hydrogens is 218 g/mol. The monoisotopic (exact) mass is 241 g/mol. The number of aromatic nitrogens is 2. The number of thioether (sulfide) groups is 1. The van der Waals surface area contributed by atoms with Gasteiger partial charge in [-0.25, -0.2) is 0 Å². The summed E-state index contributed by atoms with van der Waals surface area (Å²) in [6.45, 7) is 9.95. The number of nitrogens with one attached hydrogen (secondary N) is 1. The Kier molecular flexibility index (Phi) is 4.87. The minimum atomic E-state index is 0.216. The summed E-state index contributed by atoms with van der Waals surface area (Å²) in [7, 11) is 1.95. The van der Waals surface area contributed by atoms with E-state index in [-0.39, 0.29) is 5.54 Å². The quantitative estimate of drug-likeness (QED) is 0.803. The van der Waals surface area contributed by atoms with Crippen LogP contribution < -0.4 is 5.32 Å². The lowest BCUT2D eigenvalue weighted by atomic mass is 10.1. The van der Waals surface area contributed by atoms with Crippen molar-refractivity contribution in [3.63, 3.8) is 0 Å². The molecule has 0 saturated carbocycles. The molecule has 0 radical (unpaired) electrons. The van der Waals surface area contributed by atoms with Gasteiger partial charge in [0.25, 0.3) is 0 Å². The number of aryl methyl sites for hydroxylation is 1. The fourth-order valence-electron chi connectivity index (χ4n) is 1.25. The van der Waals surface area contributed by atoms with Gasteiger partial charge in [0, 0.05) is 29.4 Å². The highest BCUT2D eigenvalue weighted by Gasteiger charge is 2.11. The van der Waals surface area contributed by atoms with Gasteiger partial charge >= 0.3 is 0 Å². The van der Waals surface area contributed by atoms with Gasteiger partial charge < -0.3 is 5.32 Å². The second-order valence-electron chi connectivity index (χ2n) is 5.40. The molecule has 0 aliphatic rings. The lowest BCUT2D eigenvalue weighted by molar-refractivity contribution is 0.395. The van der Waals surface area contributed by atoms with Crippen molar-refractivity contribution >= 4 is 11.8 Å². The van der Waals surface area contributed by atoms with Crippen LogP contribution in [0.15, 0.2) is 17.3 Å². The number of hydrogen-bond donors (Lipinski definition) is 1. The molecular formula is C12H23N3S. The normalized spacial score (nSPS) is 14.1. The van der Waals surface area contributed by atoms with Gasteiger partial charge in [0.15, 0.2) is 0 Å². The summed E-state index contributed by atoms with van der Waals surface area (Å²) in [4.78, 5) is 1.25.